The molecule has 1 atom stereocenters. The van der Waals surface area contributed by atoms with Gasteiger partial charge in [-0.1, -0.05) is 0 Å². The smallest absolute Gasteiger partial charge is 0.475 e. The highest BCUT2D eigenvalue weighted by Gasteiger charge is 2.48. The van der Waals surface area contributed by atoms with Gasteiger partial charge in [0.1, 0.15) is 0 Å². The Kier molecular flexibility index (Phi) is 9.28. The van der Waals surface area contributed by atoms with Gasteiger partial charge in [0.2, 0.25) is 0 Å². The Morgan fingerprint density at radius 3 is 2.39 bits per heavy atom. The van der Waals surface area contributed by atoms with Crippen molar-refractivity contribution in [3.05, 3.63) is 22.4 Å². The Balaban J connectivity index is 0.000000423. The minimum Gasteiger partial charge on any atom is -0.475 e. The van der Waals surface area contributed by atoms with Crippen molar-refractivity contribution < 1.29 is 37.3 Å². The minimum atomic E-state index is -5.08. The number of thiophene rings is 1. The van der Waals surface area contributed by atoms with Crippen LogP contribution < -0.4 is 0 Å². The molecule has 2 saturated heterocycles. The molecule has 1 unspecified atom stereocenters. The molecule has 3 heterocycles. The molecular weight excluding hydrogens is 437 g/mol. The molecule has 3 rings (SSSR count). The van der Waals surface area contributed by atoms with Crippen molar-refractivity contribution in [1.29, 1.82) is 0 Å². The molecule has 1 spiro atoms. The molecule has 1 N–H and O–H groups in total. The van der Waals surface area contributed by atoms with Gasteiger partial charge in [0.25, 0.3) is 5.91 Å². The summed E-state index contributed by atoms with van der Waals surface area (Å²) in [5.74, 6) is -2.02. The third-order valence-corrected chi connectivity index (χ3v) is 6.60. The number of halogens is 3. The number of aliphatic carboxylic acids is 1. The quantitative estimate of drug-likeness (QED) is 0.695. The van der Waals surface area contributed by atoms with Crippen LogP contribution in [0.4, 0.5) is 13.2 Å². The van der Waals surface area contributed by atoms with E-state index in [1.54, 1.807) is 25.6 Å². The van der Waals surface area contributed by atoms with Crippen molar-refractivity contribution >= 4 is 23.2 Å². The maximum absolute atomic E-state index is 12.6. The molecule has 31 heavy (non-hydrogen) atoms. The van der Waals surface area contributed by atoms with Gasteiger partial charge in [-0.2, -0.15) is 24.5 Å². The molecule has 2 fully saturated rings. The van der Waals surface area contributed by atoms with E-state index in [0.29, 0.717) is 5.92 Å². The van der Waals surface area contributed by atoms with E-state index in [-0.39, 0.29) is 11.3 Å². The molecule has 7 nitrogen and oxygen atoms in total. The van der Waals surface area contributed by atoms with Crippen LogP contribution in [0.15, 0.2) is 16.8 Å². The van der Waals surface area contributed by atoms with Gasteiger partial charge in [0.15, 0.2) is 0 Å². The maximum atomic E-state index is 12.6. The standard InChI is InChI=1S/C18H28N2O3S.C2HF3O2/c1-22-9-8-19-11-16(12-23-2)18(14-19)4-6-20(7-5-18)17(21)15-3-10-24-13-15;3-2(4,5)1(6)7/h3,10,13,16H,4-9,11-12,14H2,1-2H3;(H,6,7). The second-order valence-electron chi connectivity index (χ2n) is 7.85. The average Bonchev–Trinajstić information content (AvgIpc) is 3.36. The Morgan fingerprint density at radius 1 is 1.26 bits per heavy atom. The third-order valence-electron chi connectivity index (χ3n) is 5.92. The van der Waals surface area contributed by atoms with Crippen LogP contribution in [0.5, 0.6) is 0 Å². The van der Waals surface area contributed by atoms with Gasteiger partial charge in [0.05, 0.1) is 18.8 Å². The lowest BCUT2D eigenvalue weighted by molar-refractivity contribution is -0.192. The number of carboxylic acids is 1. The number of methoxy groups -OCH3 is 2. The first-order chi connectivity index (χ1) is 14.6. The van der Waals surface area contributed by atoms with Crippen LogP contribution in [0.25, 0.3) is 0 Å². The summed E-state index contributed by atoms with van der Waals surface area (Å²) in [5.41, 5.74) is 1.12. The normalized spacial score (nSPS) is 21.1. The zero-order valence-corrected chi connectivity index (χ0v) is 18.5. The highest BCUT2D eigenvalue weighted by atomic mass is 32.1. The zero-order valence-electron chi connectivity index (χ0n) is 17.7. The van der Waals surface area contributed by atoms with Crippen molar-refractivity contribution in [2.75, 3.05) is 60.2 Å². The fraction of sp³-hybridized carbons (Fsp3) is 0.700. The van der Waals surface area contributed by atoms with E-state index in [2.05, 4.69) is 4.90 Å². The lowest BCUT2D eigenvalue weighted by Crippen LogP contribution is -2.47. The van der Waals surface area contributed by atoms with Gasteiger partial charge in [-0.25, -0.2) is 4.79 Å². The van der Waals surface area contributed by atoms with Crippen molar-refractivity contribution in [2.45, 2.75) is 19.0 Å². The molecule has 1 aromatic rings. The number of alkyl halides is 3. The summed E-state index contributed by atoms with van der Waals surface area (Å²) in [7, 11) is 3.55. The van der Waals surface area contributed by atoms with Gasteiger partial charge in [-0.15, -0.1) is 0 Å². The second kappa shape index (κ2) is 11.3. The van der Waals surface area contributed by atoms with Crippen LogP contribution in [0.3, 0.4) is 0 Å². The molecule has 0 aliphatic carbocycles. The number of carbonyl (C=O) groups is 2. The number of nitrogens with zero attached hydrogens (tertiary/aromatic N) is 2. The summed E-state index contributed by atoms with van der Waals surface area (Å²) in [6.45, 7) is 6.46. The van der Waals surface area contributed by atoms with E-state index >= 15 is 0 Å². The lowest BCUT2D eigenvalue weighted by atomic mass is 9.71. The van der Waals surface area contributed by atoms with E-state index in [1.807, 2.05) is 21.7 Å². The third kappa shape index (κ3) is 6.90. The van der Waals surface area contributed by atoms with E-state index < -0.39 is 12.1 Å². The zero-order chi connectivity index (χ0) is 23.1. The fourth-order valence-corrected chi connectivity index (χ4v) is 4.89. The average molecular weight is 467 g/mol. The van der Waals surface area contributed by atoms with Gasteiger partial charge in [-0.05, 0) is 29.7 Å². The van der Waals surface area contributed by atoms with Crippen LogP contribution in [-0.4, -0.2) is 93.1 Å². The maximum Gasteiger partial charge on any atom is 0.490 e. The number of hydrogen-bond acceptors (Lipinski definition) is 6. The number of carbonyl (C=O) groups excluding carboxylic acids is 1. The van der Waals surface area contributed by atoms with Crippen molar-refractivity contribution in [2.24, 2.45) is 11.3 Å². The van der Waals surface area contributed by atoms with Crippen LogP contribution in [0.1, 0.15) is 23.2 Å². The van der Waals surface area contributed by atoms with Gasteiger partial charge in [0, 0.05) is 58.2 Å². The van der Waals surface area contributed by atoms with Crippen molar-refractivity contribution in [1.82, 2.24) is 9.80 Å². The van der Waals surface area contributed by atoms with Gasteiger partial charge in [-0.3, -0.25) is 4.79 Å². The molecule has 1 amide bonds. The molecule has 176 valence electrons. The number of carboxylic acid groups (broad SMARTS) is 1. The van der Waals surface area contributed by atoms with Crippen LogP contribution in [0, 0.1) is 11.3 Å². The highest BCUT2D eigenvalue weighted by Crippen LogP contribution is 2.45. The SMILES string of the molecule is COCCN1CC(COC)C2(CCN(C(=O)c3ccsc3)CC2)C1.O=C(O)C(F)(F)F. The Labute approximate surface area is 183 Å². The Hall–Kier alpha value is -1.69. The van der Waals surface area contributed by atoms with E-state index in [9.17, 15) is 18.0 Å². The number of hydrogen-bond donors (Lipinski definition) is 1. The highest BCUT2D eigenvalue weighted by molar-refractivity contribution is 7.08. The van der Waals surface area contributed by atoms with Crippen LogP contribution in [-0.2, 0) is 14.3 Å². The molecule has 2 aliphatic heterocycles. The van der Waals surface area contributed by atoms with Crippen LogP contribution >= 0.6 is 11.3 Å². The summed E-state index contributed by atoms with van der Waals surface area (Å²) < 4.78 is 42.5. The molecule has 0 saturated carbocycles. The number of ether oxygens (including phenoxy) is 2. The number of amides is 1. The van der Waals surface area contributed by atoms with Gasteiger partial charge >= 0.3 is 12.1 Å². The summed E-state index contributed by atoms with van der Waals surface area (Å²) in [5, 5.41) is 11.0. The summed E-state index contributed by atoms with van der Waals surface area (Å²) in [4.78, 5) is 26.0. The molecular formula is C20H29F3N2O5S. The van der Waals surface area contributed by atoms with E-state index in [0.717, 1.165) is 64.3 Å². The largest absolute Gasteiger partial charge is 0.490 e. The summed E-state index contributed by atoms with van der Waals surface area (Å²) in [6.07, 6.45) is -2.94. The molecule has 0 bridgehead atoms. The number of rotatable bonds is 6. The number of likely N-dealkylation sites (tertiary alicyclic amines) is 2. The monoisotopic (exact) mass is 466 g/mol. The van der Waals surface area contributed by atoms with E-state index in [1.165, 1.54) is 0 Å². The second-order valence-corrected chi connectivity index (χ2v) is 8.63. The predicted molar refractivity (Wildman–Crippen MR) is 109 cm³/mol. The van der Waals surface area contributed by atoms with E-state index in [4.69, 9.17) is 19.4 Å². The van der Waals surface area contributed by atoms with Crippen molar-refractivity contribution in [3.63, 3.8) is 0 Å². The first kappa shape index (κ1) is 25.6. The predicted octanol–water partition coefficient (Wildman–Crippen LogP) is 2.83. The molecule has 0 aromatic carbocycles. The molecule has 1 aromatic heterocycles. The summed E-state index contributed by atoms with van der Waals surface area (Å²) >= 11 is 1.58. The first-order valence-electron chi connectivity index (χ1n) is 9.95. The fourth-order valence-electron chi connectivity index (χ4n) is 4.26. The topological polar surface area (TPSA) is 79.3 Å². The van der Waals surface area contributed by atoms with Gasteiger partial charge < -0.3 is 24.4 Å². The van der Waals surface area contributed by atoms with Crippen LogP contribution in [0.2, 0.25) is 0 Å². The number of piperidine rings is 1. The van der Waals surface area contributed by atoms with Crippen molar-refractivity contribution in [3.8, 4) is 0 Å². The first-order valence-corrected chi connectivity index (χ1v) is 10.9. The molecule has 0 radical (unpaired) electrons. The Morgan fingerprint density at radius 2 is 1.90 bits per heavy atom. The Bertz CT molecular complexity index is 706. The molecule has 11 heteroatoms. The summed E-state index contributed by atoms with van der Waals surface area (Å²) in [6, 6.07) is 1.92. The minimum absolute atomic E-state index is 0.184. The lowest BCUT2D eigenvalue weighted by Gasteiger charge is -2.42. The molecule has 2 aliphatic rings.